The van der Waals surface area contributed by atoms with Gasteiger partial charge in [0.05, 0.1) is 0 Å². The van der Waals surface area contributed by atoms with Crippen LogP contribution in [0.4, 0.5) is 10.9 Å². The molecule has 5 nitrogen and oxygen atoms in total. The molecule has 0 aliphatic rings. The molecule has 0 spiro atoms. The van der Waals surface area contributed by atoms with Crippen molar-refractivity contribution >= 4 is 38.2 Å². The Kier molecular flexibility index (Phi) is 2.28. The summed E-state index contributed by atoms with van der Waals surface area (Å²) in [4.78, 5) is 0. The molecular formula is C6H6BrN5S. The normalized spacial score (nSPS) is 10.3. The smallest absolute Gasteiger partial charge is 0.212 e. The first-order chi connectivity index (χ1) is 6.24. The summed E-state index contributed by atoms with van der Waals surface area (Å²) in [7, 11) is 1.86. The van der Waals surface area contributed by atoms with E-state index in [1.165, 1.54) is 11.3 Å². The van der Waals surface area contributed by atoms with E-state index in [2.05, 4.69) is 36.5 Å². The van der Waals surface area contributed by atoms with Crippen molar-refractivity contribution in [3.63, 3.8) is 0 Å². The number of aromatic nitrogens is 4. The van der Waals surface area contributed by atoms with Crippen LogP contribution in [0.1, 0.15) is 0 Å². The molecule has 2 rings (SSSR count). The fourth-order valence-corrected chi connectivity index (χ4v) is 1.86. The first-order valence-electron chi connectivity index (χ1n) is 3.50. The lowest BCUT2D eigenvalue weighted by atomic mass is 10.6. The zero-order valence-corrected chi connectivity index (χ0v) is 9.13. The highest BCUT2D eigenvalue weighted by atomic mass is 79.9. The lowest BCUT2D eigenvalue weighted by molar-refractivity contribution is 0.771. The SMILES string of the molecule is Cn1ccc(Nc2nnc(Br)s2)n1. The van der Waals surface area contributed by atoms with Gasteiger partial charge in [-0.2, -0.15) is 5.10 Å². The van der Waals surface area contributed by atoms with Gasteiger partial charge in [-0.05, 0) is 15.9 Å². The van der Waals surface area contributed by atoms with Crippen LogP contribution in [0.2, 0.25) is 0 Å². The molecule has 68 valence electrons. The predicted octanol–water partition coefficient (Wildman–Crippen LogP) is 1.78. The Labute approximate surface area is 86.9 Å². The number of halogens is 1. The Morgan fingerprint density at radius 1 is 1.54 bits per heavy atom. The second-order valence-electron chi connectivity index (χ2n) is 2.36. The fourth-order valence-electron chi connectivity index (χ4n) is 0.847. The summed E-state index contributed by atoms with van der Waals surface area (Å²) in [5.74, 6) is 0.770. The van der Waals surface area contributed by atoms with E-state index < -0.39 is 0 Å². The molecule has 0 amide bonds. The second kappa shape index (κ2) is 3.43. The maximum atomic E-state index is 4.14. The number of nitrogens with one attached hydrogen (secondary N) is 1. The first-order valence-corrected chi connectivity index (χ1v) is 5.10. The summed E-state index contributed by atoms with van der Waals surface area (Å²) in [6.07, 6.45) is 1.86. The molecule has 0 aromatic carbocycles. The summed E-state index contributed by atoms with van der Waals surface area (Å²) < 4.78 is 2.48. The molecule has 7 heteroatoms. The maximum Gasteiger partial charge on any atom is 0.212 e. The molecule has 0 unspecified atom stereocenters. The van der Waals surface area contributed by atoms with Crippen molar-refractivity contribution in [2.75, 3.05) is 5.32 Å². The summed E-state index contributed by atoms with van der Waals surface area (Å²) in [6, 6.07) is 1.87. The summed E-state index contributed by atoms with van der Waals surface area (Å²) >= 11 is 4.66. The first kappa shape index (κ1) is 8.64. The number of rotatable bonds is 2. The van der Waals surface area contributed by atoms with Crippen LogP contribution in [-0.2, 0) is 7.05 Å². The fraction of sp³-hybridized carbons (Fsp3) is 0.167. The highest BCUT2D eigenvalue weighted by Gasteiger charge is 2.02. The minimum atomic E-state index is 0.727. The maximum absolute atomic E-state index is 4.14. The monoisotopic (exact) mass is 259 g/mol. The molecule has 0 aliphatic carbocycles. The van der Waals surface area contributed by atoms with Crippen molar-refractivity contribution < 1.29 is 0 Å². The van der Waals surface area contributed by atoms with Gasteiger partial charge in [-0.25, -0.2) is 0 Å². The van der Waals surface area contributed by atoms with Gasteiger partial charge in [0.15, 0.2) is 9.73 Å². The predicted molar refractivity (Wildman–Crippen MR) is 54.1 cm³/mol. The van der Waals surface area contributed by atoms with Crippen molar-refractivity contribution in [2.24, 2.45) is 7.05 Å². The van der Waals surface area contributed by atoms with Gasteiger partial charge in [-0.15, -0.1) is 10.2 Å². The van der Waals surface area contributed by atoms with Crippen molar-refractivity contribution in [3.8, 4) is 0 Å². The van der Waals surface area contributed by atoms with Crippen LogP contribution in [0, 0.1) is 0 Å². The molecule has 0 aliphatic heterocycles. The Balaban J connectivity index is 2.14. The van der Waals surface area contributed by atoms with Crippen molar-refractivity contribution in [1.29, 1.82) is 0 Å². The molecule has 0 atom stereocenters. The highest BCUT2D eigenvalue weighted by molar-refractivity contribution is 9.11. The minimum Gasteiger partial charge on any atom is -0.313 e. The van der Waals surface area contributed by atoms with Gasteiger partial charge in [0.1, 0.15) is 0 Å². The van der Waals surface area contributed by atoms with Gasteiger partial charge in [-0.1, -0.05) is 11.3 Å². The van der Waals surface area contributed by atoms with Crippen LogP contribution >= 0.6 is 27.3 Å². The van der Waals surface area contributed by atoms with Crippen LogP contribution in [0.25, 0.3) is 0 Å². The van der Waals surface area contributed by atoms with Crippen LogP contribution < -0.4 is 5.32 Å². The average Bonchev–Trinajstić information content (AvgIpc) is 2.62. The topological polar surface area (TPSA) is 55.6 Å². The van der Waals surface area contributed by atoms with Gasteiger partial charge < -0.3 is 5.32 Å². The summed E-state index contributed by atoms with van der Waals surface area (Å²) in [6.45, 7) is 0. The third-order valence-corrected chi connectivity index (χ3v) is 2.62. The van der Waals surface area contributed by atoms with Crippen LogP contribution in [-0.4, -0.2) is 20.0 Å². The number of nitrogens with zero attached hydrogens (tertiary/aromatic N) is 4. The zero-order valence-electron chi connectivity index (χ0n) is 6.73. The van der Waals surface area contributed by atoms with E-state index in [1.54, 1.807) is 4.68 Å². The van der Waals surface area contributed by atoms with E-state index in [0.717, 1.165) is 14.9 Å². The van der Waals surface area contributed by atoms with E-state index in [4.69, 9.17) is 0 Å². The molecule has 0 saturated carbocycles. The van der Waals surface area contributed by atoms with Crippen LogP contribution in [0.15, 0.2) is 16.2 Å². The number of aryl methyl sites for hydroxylation is 1. The van der Waals surface area contributed by atoms with Gasteiger partial charge in [-0.3, -0.25) is 4.68 Å². The molecule has 0 saturated heterocycles. The third kappa shape index (κ3) is 2.04. The molecule has 2 heterocycles. The molecule has 13 heavy (non-hydrogen) atoms. The largest absolute Gasteiger partial charge is 0.313 e. The van der Waals surface area contributed by atoms with E-state index in [1.807, 2.05) is 19.3 Å². The van der Waals surface area contributed by atoms with E-state index in [9.17, 15) is 0 Å². The lowest BCUT2D eigenvalue weighted by Gasteiger charge is -1.93. The Morgan fingerprint density at radius 3 is 2.92 bits per heavy atom. The lowest BCUT2D eigenvalue weighted by Crippen LogP contribution is -1.92. The van der Waals surface area contributed by atoms with Crippen molar-refractivity contribution in [1.82, 2.24) is 20.0 Å². The molecule has 2 aromatic heterocycles. The molecule has 1 N–H and O–H groups in total. The number of hydrogen-bond acceptors (Lipinski definition) is 5. The standard InChI is InChI=1S/C6H6BrN5S/c1-12-3-2-4(11-12)8-6-10-9-5(7)13-6/h2-3H,1H3,(H,8,10,11). The van der Waals surface area contributed by atoms with Crippen LogP contribution in [0.5, 0.6) is 0 Å². The molecular weight excluding hydrogens is 254 g/mol. The molecule has 0 fully saturated rings. The number of hydrogen-bond donors (Lipinski definition) is 1. The zero-order chi connectivity index (χ0) is 9.26. The van der Waals surface area contributed by atoms with Crippen LogP contribution in [0.3, 0.4) is 0 Å². The Morgan fingerprint density at radius 2 is 2.38 bits per heavy atom. The molecule has 2 aromatic rings. The van der Waals surface area contributed by atoms with E-state index in [-0.39, 0.29) is 0 Å². The highest BCUT2D eigenvalue weighted by Crippen LogP contribution is 2.22. The second-order valence-corrected chi connectivity index (χ2v) is 4.61. The van der Waals surface area contributed by atoms with Gasteiger partial charge in [0.25, 0.3) is 0 Å². The molecule has 0 bridgehead atoms. The van der Waals surface area contributed by atoms with Gasteiger partial charge >= 0.3 is 0 Å². The quantitative estimate of drug-likeness (QED) is 0.894. The van der Waals surface area contributed by atoms with Crippen molar-refractivity contribution in [2.45, 2.75) is 0 Å². The third-order valence-electron chi connectivity index (χ3n) is 1.35. The van der Waals surface area contributed by atoms with Gasteiger partial charge in [0, 0.05) is 19.3 Å². The Hall–Kier alpha value is -0.950. The molecule has 0 radical (unpaired) electrons. The van der Waals surface area contributed by atoms with Crippen molar-refractivity contribution in [3.05, 3.63) is 16.2 Å². The summed E-state index contributed by atoms with van der Waals surface area (Å²) in [5, 5.41) is 15.6. The Bertz CT molecular complexity index is 370. The van der Waals surface area contributed by atoms with E-state index in [0.29, 0.717) is 0 Å². The minimum absolute atomic E-state index is 0.727. The average molecular weight is 260 g/mol. The number of anilines is 2. The summed E-state index contributed by atoms with van der Waals surface area (Å²) in [5.41, 5.74) is 0. The van der Waals surface area contributed by atoms with Gasteiger partial charge in [0.2, 0.25) is 5.13 Å². The van der Waals surface area contributed by atoms with E-state index >= 15 is 0 Å².